The Kier molecular flexibility index (Phi) is 6.97. The number of piperazine rings is 1. The fourth-order valence-electron chi connectivity index (χ4n) is 4.74. The van der Waals surface area contributed by atoms with Gasteiger partial charge in [-0.25, -0.2) is 13.1 Å². The van der Waals surface area contributed by atoms with Gasteiger partial charge in [0.25, 0.3) is 0 Å². The highest BCUT2D eigenvalue weighted by Gasteiger charge is 2.29. The number of carbonyl (C=O) groups excluding carboxylic acids is 1. The van der Waals surface area contributed by atoms with Crippen molar-refractivity contribution < 1.29 is 13.2 Å². The molecule has 2 heterocycles. The molecule has 1 saturated heterocycles. The van der Waals surface area contributed by atoms with Crippen LogP contribution in [-0.4, -0.2) is 66.0 Å². The fourth-order valence-corrected chi connectivity index (χ4v) is 6.37. The second-order valence-corrected chi connectivity index (χ2v) is 10.8. The zero-order chi connectivity index (χ0) is 22.7. The smallest absolute Gasteiger partial charge is 0.243 e. The highest BCUT2D eigenvalue weighted by Crippen LogP contribution is 2.31. The minimum Gasteiger partial charge on any atom is -0.311 e. The van der Waals surface area contributed by atoms with Gasteiger partial charge in [-0.05, 0) is 38.3 Å². The van der Waals surface area contributed by atoms with Crippen LogP contribution in [0.2, 0.25) is 0 Å². The molecule has 32 heavy (non-hydrogen) atoms. The van der Waals surface area contributed by atoms with Gasteiger partial charge in [-0.15, -0.1) is 0 Å². The van der Waals surface area contributed by atoms with Crippen LogP contribution in [0.5, 0.6) is 0 Å². The summed E-state index contributed by atoms with van der Waals surface area (Å²) in [6.45, 7) is 6.53. The summed E-state index contributed by atoms with van der Waals surface area (Å²) in [4.78, 5) is 15.0. The van der Waals surface area contributed by atoms with Gasteiger partial charge in [-0.3, -0.25) is 4.79 Å². The maximum absolute atomic E-state index is 13.0. The number of carbonyl (C=O) groups is 1. The fraction of sp³-hybridized carbons (Fsp3) is 0.565. The minimum absolute atomic E-state index is 0.0323. The zero-order valence-corrected chi connectivity index (χ0v) is 19.8. The number of amides is 1. The van der Waals surface area contributed by atoms with E-state index in [0.717, 1.165) is 29.8 Å². The second-order valence-electron chi connectivity index (χ2n) is 8.91. The highest BCUT2D eigenvalue weighted by atomic mass is 32.2. The lowest BCUT2D eigenvalue weighted by Crippen LogP contribution is -2.49. The molecule has 0 spiro atoms. The lowest BCUT2D eigenvalue weighted by molar-refractivity contribution is -0.116. The quantitative estimate of drug-likeness (QED) is 0.688. The number of rotatable bonds is 7. The number of hydrogen-bond acceptors (Lipinski definition) is 5. The number of sulfonamides is 1. The van der Waals surface area contributed by atoms with E-state index in [-0.39, 0.29) is 5.91 Å². The van der Waals surface area contributed by atoms with Crippen LogP contribution in [0.15, 0.2) is 35.4 Å². The van der Waals surface area contributed by atoms with Crippen LogP contribution in [0, 0.1) is 13.8 Å². The lowest BCUT2D eigenvalue weighted by Gasteiger charge is -2.34. The third-order valence-electron chi connectivity index (χ3n) is 6.54. The monoisotopic (exact) mass is 459 g/mol. The van der Waals surface area contributed by atoms with Gasteiger partial charge >= 0.3 is 0 Å². The van der Waals surface area contributed by atoms with Crippen LogP contribution < -0.4 is 5.32 Å². The molecule has 1 amide bonds. The molecule has 1 aliphatic heterocycles. The topological polar surface area (TPSA) is 87.5 Å². The Hall–Kier alpha value is -2.23. The molecule has 1 aromatic heterocycles. The molecule has 0 bridgehead atoms. The molecule has 9 heteroatoms. The molecule has 2 aliphatic rings. The minimum atomic E-state index is -3.49. The van der Waals surface area contributed by atoms with Crippen LogP contribution in [0.3, 0.4) is 0 Å². The van der Waals surface area contributed by atoms with E-state index >= 15 is 0 Å². The second kappa shape index (κ2) is 9.72. The van der Waals surface area contributed by atoms with Crippen LogP contribution in [0.1, 0.15) is 49.3 Å². The van der Waals surface area contributed by atoms with E-state index in [0.29, 0.717) is 50.1 Å². The van der Waals surface area contributed by atoms with Gasteiger partial charge in [0.1, 0.15) is 5.82 Å². The molecule has 1 aliphatic carbocycles. The van der Waals surface area contributed by atoms with Gasteiger partial charge in [0.15, 0.2) is 0 Å². The van der Waals surface area contributed by atoms with Gasteiger partial charge in [0.2, 0.25) is 15.9 Å². The van der Waals surface area contributed by atoms with E-state index in [2.05, 4.69) is 15.3 Å². The van der Waals surface area contributed by atoms with Crippen molar-refractivity contribution >= 4 is 21.7 Å². The van der Waals surface area contributed by atoms with Crippen LogP contribution in [0.25, 0.3) is 0 Å². The molecular formula is C23H33N5O3S. The number of aryl methyl sites for hydroxylation is 2. The standard InChI is InChI=1S/C23H33N5O3S/c1-18-7-8-21(19(2)17-18)32(30,31)27-15-13-26(14-16-27)12-10-23(29)25-22-9-11-24-28(22)20-5-3-4-6-20/h7-9,11,17,20H,3-6,10,12-16H2,1-2H3,(H,25,29). The average molecular weight is 460 g/mol. The largest absolute Gasteiger partial charge is 0.311 e. The molecule has 0 unspecified atom stereocenters. The van der Waals surface area contributed by atoms with Gasteiger partial charge in [0, 0.05) is 45.2 Å². The summed E-state index contributed by atoms with van der Waals surface area (Å²) in [5.74, 6) is 0.737. The first-order valence-corrected chi connectivity index (χ1v) is 12.9. The molecule has 0 radical (unpaired) electrons. The molecule has 4 rings (SSSR count). The van der Waals surface area contributed by atoms with Crippen LogP contribution >= 0.6 is 0 Å². The summed E-state index contributed by atoms with van der Waals surface area (Å²) in [6, 6.07) is 7.68. The molecule has 1 N–H and O–H groups in total. The van der Waals surface area contributed by atoms with Gasteiger partial charge in [-0.1, -0.05) is 30.5 Å². The first-order valence-electron chi connectivity index (χ1n) is 11.5. The molecule has 1 saturated carbocycles. The first-order chi connectivity index (χ1) is 15.3. The summed E-state index contributed by atoms with van der Waals surface area (Å²) in [7, 11) is -3.49. The Morgan fingerprint density at radius 2 is 1.81 bits per heavy atom. The first kappa shape index (κ1) is 22.9. The number of nitrogens with zero attached hydrogens (tertiary/aromatic N) is 4. The maximum Gasteiger partial charge on any atom is 0.243 e. The van der Waals surface area contributed by atoms with Gasteiger partial charge in [-0.2, -0.15) is 9.40 Å². The SMILES string of the molecule is Cc1ccc(S(=O)(=O)N2CCN(CCC(=O)Nc3ccnn3C3CCCC3)CC2)c(C)c1. The van der Waals surface area contributed by atoms with Gasteiger partial charge in [0.05, 0.1) is 17.1 Å². The predicted molar refractivity (Wildman–Crippen MR) is 124 cm³/mol. The zero-order valence-electron chi connectivity index (χ0n) is 19.0. The van der Waals surface area contributed by atoms with Crippen LogP contribution in [0.4, 0.5) is 5.82 Å². The predicted octanol–water partition coefficient (Wildman–Crippen LogP) is 2.95. The van der Waals surface area contributed by atoms with Crippen molar-refractivity contribution in [2.45, 2.75) is 56.9 Å². The molecular weight excluding hydrogens is 426 g/mol. The number of aromatic nitrogens is 2. The number of anilines is 1. The number of nitrogens with one attached hydrogen (secondary N) is 1. The van der Waals surface area contributed by atoms with E-state index in [1.54, 1.807) is 16.6 Å². The molecule has 174 valence electrons. The average Bonchev–Trinajstić information content (AvgIpc) is 3.44. The van der Waals surface area contributed by atoms with Crippen molar-refractivity contribution in [2.24, 2.45) is 0 Å². The molecule has 2 aromatic rings. The Labute approximate surface area is 190 Å². The lowest BCUT2D eigenvalue weighted by atomic mass is 10.2. The number of hydrogen-bond donors (Lipinski definition) is 1. The van der Waals surface area contributed by atoms with E-state index in [1.165, 1.54) is 12.8 Å². The van der Waals surface area contributed by atoms with E-state index in [1.807, 2.05) is 36.7 Å². The Bertz CT molecular complexity index is 1050. The summed E-state index contributed by atoms with van der Waals surface area (Å²) >= 11 is 0. The van der Waals surface area contributed by atoms with Crippen molar-refractivity contribution in [3.05, 3.63) is 41.6 Å². The highest BCUT2D eigenvalue weighted by molar-refractivity contribution is 7.89. The molecule has 8 nitrogen and oxygen atoms in total. The normalized spacial score (nSPS) is 18.8. The third kappa shape index (κ3) is 5.05. The van der Waals surface area contributed by atoms with Crippen molar-refractivity contribution in [1.29, 1.82) is 0 Å². The summed E-state index contributed by atoms with van der Waals surface area (Å²) in [6.07, 6.45) is 6.76. The van der Waals surface area contributed by atoms with Crippen molar-refractivity contribution in [3.8, 4) is 0 Å². The third-order valence-corrected chi connectivity index (χ3v) is 8.60. The maximum atomic E-state index is 13.0. The summed E-state index contributed by atoms with van der Waals surface area (Å²) in [5.41, 5.74) is 1.83. The molecule has 1 aromatic carbocycles. The van der Waals surface area contributed by atoms with E-state index in [4.69, 9.17) is 0 Å². The van der Waals surface area contributed by atoms with Crippen molar-refractivity contribution in [1.82, 2.24) is 19.0 Å². The number of benzene rings is 1. The Morgan fingerprint density at radius 1 is 1.09 bits per heavy atom. The van der Waals surface area contributed by atoms with Gasteiger partial charge < -0.3 is 10.2 Å². The molecule has 0 atom stereocenters. The van der Waals surface area contributed by atoms with Crippen molar-refractivity contribution in [2.75, 3.05) is 38.0 Å². The Morgan fingerprint density at radius 3 is 2.50 bits per heavy atom. The van der Waals surface area contributed by atoms with E-state index in [9.17, 15) is 13.2 Å². The summed E-state index contributed by atoms with van der Waals surface area (Å²) < 4.78 is 29.6. The van der Waals surface area contributed by atoms with Crippen LogP contribution in [-0.2, 0) is 14.8 Å². The molecule has 2 fully saturated rings. The van der Waals surface area contributed by atoms with Crippen molar-refractivity contribution in [3.63, 3.8) is 0 Å². The van der Waals surface area contributed by atoms with E-state index < -0.39 is 10.0 Å². The Balaban J connectivity index is 1.26. The summed E-state index contributed by atoms with van der Waals surface area (Å²) in [5, 5.41) is 7.40.